The van der Waals surface area contributed by atoms with Crippen molar-refractivity contribution in [1.82, 2.24) is 14.7 Å². The van der Waals surface area contributed by atoms with Gasteiger partial charge in [-0.05, 0) is 49.2 Å². The van der Waals surface area contributed by atoms with Crippen LogP contribution in [0.1, 0.15) is 24.5 Å². The van der Waals surface area contributed by atoms with Crippen LogP contribution >= 0.6 is 0 Å². The van der Waals surface area contributed by atoms with Gasteiger partial charge in [0.1, 0.15) is 30.5 Å². The van der Waals surface area contributed by atoms with E-state index in [1.54, 1.807) is 24.2 Å². The molecule has 9 heteroatoms. The summed E-state index contributed by atoms with van der Waals surface area (Å²) in [5, 5.41) is 6.88. The van der Waals surface area contributed by atoms with Crippen LogP contribution < -0.4 is 14.8 Å². The van der Waals surface area contributed by atoms with Crippen molar-refractivity contribution in [1.29, 1.82) is 0 Å². The normalized spacial score (nSPS) is 10.6. The lowest BCUT2D eigenvalue weighted by molar-refractivity contribution is -0.131. The standard InChI is InChI=1S/C26H31FN4O4/c1-4-20-15-21(27)7-10-24(20)35-13-11-25(32)29-22-16-28-31(17-22)18-26(33)30(3)12-14-34-23-8-5-19(2)6-9-23/h5-10,15-17H,4,11-14,18H2,1-3H3,(H,29,32). The number of rotatable bonds is 12. The van der Waals surface area contributed by atoms with Gasteiger partial charge in [-0.2, -0.15) is 5.10 Å². The number of halogens is 1. The third-order valence-electron chi connectivity index (χ3n) is 5.35. The van der Waals surface area contributed by atoms with Crippen LogP contribution in [-0.2, 0) is 22.6 Å². The molecule has 2 aromatic carbocycles. The second-order valence-electron chi connectivity index (χ2n) is 8.16. The minimum Gasteiger partial charge on any atom is -0.493 e. The van der Waals surface area contributed by atoms with Crippen LogP contribution in [0.5, 0.6) is 11.5 Å². The molecule has 0 saturated heterocycles. The number of benzene rings is 2. The molecule has 0 aliphatic heterocycles. The van der Waals surface area contributed by atoms with Gasteiger partial charge in [-0.3, -0.25) is 14.3 Å². The first kappa shape index (κ1) is 25.7. The number of hydrogen-bond acceptors (Lipinski definition) is 5. The third kappa shape index (κ3) is 8.13. The van der Waals surface area contributed by atoms with E-state index in [-0.39, 0.29) is 37.2 Å². The summed E-state index contributed by atoms with van der Waals surface area (Å²) >= 11 is 0. The van der Waals surface area contributed by atoms with Gasteiger partial charge in [0.15, 0.2) is 0 Å². The van der Waals surface area contributed by atoms with Gasteiger partial charge in [0.2, 0.25) is 11.8 Å². The molecular formula is C26H31FN4O4. The largest absolute Gasteiger partial charge is 0.493 e. The van der Waals surface area contributed by atoms with Gasteiger partial charge in [0, 0.05) is 13.2 Å². The second-order valence-corrected chi connectivity index (χ2v) is 8.16. The van der Waals surface area contributed by atoms with E-state index >= 15 is 0 Å². The third-order valence-corrected chi connectivity index (χ3v) is 5.35. The van der Waals surface area contributed by atoms with Crippen LogP contribution in [0, 0.1) is 12.7 Å². The van der Waals surface area contributed by atoms with Gasteiger partial charge in [-0.1, -0.05) is 24.6 Å². The number of carbonyl (C=O) groups excluding carboxylic acids is 2. The van der Waals surface area contributed by atoms with Crippen molar-refractivity contribution < 1.29 is 23.5 Å². The van der Waals surface area contributed by atoms with Crippen LogP contribution in [0.4, 0.5) is 10.1 Å². The Balaban J connectivity index is 1.38. The summed E-state index contributed by atoms with van der Waals surface area (Å²) in [5.74, 6) is 0.641. The summed E-state index contributed by atoms with van der Waals surface area (Å²) < 4.78 is 26.1. The number of nitrogens with one attached hydrogen (secondary N) is 1. The quantitative estimate of drug-likeness (QED) is 0.424. The molecule has 0 radical (unpaired) electrons. The van der Waals surface area contributed by atoms with Gasteiger partial charge in [-0.25, -0.2) is 4.39 Å². The van der Waals surface area contributed by atoms with E-state index in [1.807, 2.05) is 38.1 Å². The maximum Gasteiger partial charge on any atom is 0.244 e. The van der Waals surface area contributed by atoms with Crippen molar-refractivity contribution in [3.63, 3.8) is 0 Å². The number of aromatic nitrogens is 2. The highest BCUT2D eigenvalue weighted by Crippen LogP contribution is 2.20. The number of aryl methyl sites for hydroxylation is 2. The fourth-order valence-corrected chi connectivity index (χ4v) is 3.28. The molecule has 0 spiro atoms. The van der Waals surface area contributed by atoms with Crippen molar-refractivity contribution in [3.8, 4) is 11.5 Å². The summed E-state index contributed by atoms with van der Waals surface area (Å²) in [6.45, 7) is 4.94. The van der Waals surface area contributed by atoms with Gasteiger partial charge < -0.3 is 19.7 Å². The summed E-state index contributed by atoms with van der Waals surface area (Å²) in [6, 6.07) is 12.1. The summed E-state index contributed by atoms with van der Waals surface area (Å²) in [5.41, 5.74) is 2.40. The summed E-state index contributed by atoms with van der Waals surface area (Å²) in [6.07, 6.45) is 3.84. The number of anilines is 1. The SMILES string of the molecule is CCc1cc(F)ccc1OCCC(=O)Nc1cnn(CC(=O)N(C)CCOc2ccc(C)cc2)c1. The van der Waals surface area contributed by atoms with Gasteiger partial charge in [0.25, 0.3) is 0 Å². The first-order valence-electron chi connectivity index (χ1n) is 11.5. The molecule has 0 atom stereocenters. The smallest absolute Gasteiger partial charge is 0.244 e. The number of nitrogens with zero attached hydrogens (tertiary/aromatic N) is 3. The molecule has 3 aromatic rings. The van der Waals surface area contributed by atoms with Crippen LogP contribution in [0.2, 0.25) is 0 Å². The molecule has 3 rings (SSSR count). The molecule has 1 heterocycles. The van der Waals surface area contributed by atoms with Gasteiger partial charge in [-0.15, -0.1) is 0 Å². The Kier molecular flexibility index (Phi) is 9.23. The Labute approximate surface area is 204 Å². The predicted molar refractivity (Wildman–Crippen MR) is 131 cm³/mol. The molecule has 2 amide bonds. The fraction of sp³-hybridized carbons (Fsp3) is 0.346. The molecule has 186 valence electrons. The highest BCUT2D eigenvalue weighted by atomic mass is 19.1. The number of ether oxygens (including phenoxy) is 2. The Morgan fingerprint density at radius 3 is 2.63 bits per heavy atom. The molecule has 0 unspecified atom stereocenters. The van der Waals surface area contributed by atoms with Gasteiger partial charge >= 0.3 is 0 Å². The molecule has 35 heavy (non-hydrogen) atoms. The van der Waals surface area contributed by atoms with Crippen LogP contribution in [-0.4, -0.2) is 53.3 Å². The van der Waals surface area contributed by atoms with Crippen LogP contribution in [0.3, 0.4) is 0 Å². The van der Waals surface area contributed by atoms with E-state index in [0.717, 1.165) is 16.9 Å². The Bertz CT molecular complexity index is 1130. The Morgan fingerprint density at radius 1 is 1.11 bits per heavy atom. The van der Waals surface area contributed by atoms with E-state index in [4.69, 9.17) is 9.47 Å². The molecular weight excluding hydrogens is 451 g/mol. The number of likely N-dealkylation sites (N-methyl/N-ethyl adjacent to an activating group) is 1. The zero-order valence-electron chi connectivity index (χ0n) is 20.3. The van der Waals surface area contributed by atoms with E-state index in [0.29, 0.717) is 31.0 Å². The Hall–Kier alpha value is -3.88. The first-order valence-corrected chi connectivity index (χ1v) is 11.5. The molecule has 0 bridgehead atoms. The number of amides is 2. The maximum absolute atomic E-state index is 13.3. The van der Waals surface area contributed by atoms with Crippen molar-refractivity contribution >= 4 is 17.5 Å². The number of carbonyl (C=O) groups is 2. The predicted octanol–water partition coefficient (Wildman–Crippen LogP) is 3.84. The maximum atomic E-state index is 13.3. The van der Waals surface area contributed by atoms with E-state index in [2.05, 4.69) is 10.4 Å². The molecule has 0 aliphatic rings. The van der Waals surface area contributed by atoms with Crippen molar-refractivity contribution in [2.24, 2.45) is 0 Å². The Morgan fingerprint density at radius 2 is 1.89 bits per heavy atom. The molecule has 1 N–H and O–H groups in total. The minimum absolute atomic E-state index is 0.0460. The zero-order chi connectivity index (χ0) is 25.2. The lowest BCUT2D eigenvalue weighted by Gasteiger charge is -2.17. The highest BCUT2D eigenvalue weighted by molar-refractivity contribution is 5.90. The van der Waals surface area contributed by atoms with Crippen molar-refractivity contribution in [2.75, 3.05) is 32.1 Å². The average molecular weight is 483 g/mol. The van der Waals surface area contributed by atoms with Crippen molar-refractivity contribution in [3.05, 3.63) is 71.8 Å². The lowest BCUT2D eigenvalue weighted by atomic mass is 10.1. The summed E-state index contributed by atoms with van der Waals surface area (Å²) in [7, 11) is 1.71. The van der Waals surface area contributed by atoms with E-state index < -0.39 is 0 Å². The molecule has 0 fully saturated rings. The van der Waals surface area contributed by atoms with Crippen LogP contribution in [0.15, 0.2) is 54.9 Å². The van der Waals surface area contributed by atoms with Crippen LogP contribution in [0.25, 0.3) is 0 Å². The second kappa shape index (κ2) is 12.5. The molecule has 0 saturated carbocycles. The molecule has 1 aromatic heterocycles. The van der Waals surface area contributed by atoms with E-state index in [9.17, 15) is 14.0 Å². The number of hydrogen-bond donors (Lipinski definition) is 1. The van der Waals surface area contributed by atoms with Gasteiger partial charge in [0.05, 0.1) is 31.5 Å². The average Bonchev–Trinajstić information content (AvgIpc) is 3.27. The fourth-order valence-electron chi connectivity index (χ4n) is 3.28. The lowest BCUT2D eigenvalue weighted by Crippen LogP contribution is -2.33. The topological polar surface area (TPSA) is 85.7 Å². The molecule has 8 nitrogen and oxygen atoms in total. The van der Waals surface area contributed by atoms with E-state index in [1.165, 1.54) is 23.0 Å². The monoisotopic (exact) mass is 482 g/mol. The minimum atomic E-state index is -0.316. The first-order chi connectivity index (χ1) is 16.8. The zero-order valence-corrected chi connectivity index (χ0v) is 20.3. The molecule has 0 aliphatic carbocycles. The summed E-state index contributed by atoms with van der Waals surface area (Å²) in [4.78, 5) is 26.3. The highest BCUT2D eigenvalue weighted by Gasteiger charge is 2.12. The van der Waals surface area contributed by atoms with Crippen molar-refractivity contribution in [2.45, 2.75) is 33.2 Å².